The molecule has 0 unspecified atom stereocenters. The van der Waals surface area contributed by atoms with Crippen LogP contribution in [0.25, 0.3) is 0 Å². The first kappa shape index (κ1) is 14.1. The Balaban J connectivity index is 2.06. The maximum Gasteiger partial charge on any atom is 0.133 e. The molecule has 0 saturated carbocycles. The summed E-state index contributed by atoms with van der Waals surface area (Å²) in [7, 11) is 2.03. The first-order valence-electron chi connectivity index (χ1n) is 5.84. The molecule has 1 heterocycles. The minimum Gasteiger partial charge on any atom is -0.389 e. The van der Waals surface area contributed by atoms with E-state index in [0.29, 0.717) is 5.56 Å². The molecule has 2 rings (SSSR count). The van der Waals surface area contributed by atoms with E-state index in [1.807, 2.05) is 7.05 Å². The zero-order chi connectivity index (χ0) is 13.8. The number of rotatable bonds is 5. The Morgan fingerprint density at radius 2 is 2.05 bits per heavy atom. The number of benzene rings is 1. The van der Waals surface area contributed by atoms with Crippen LogP contribution in [0.15, 0.2) is 35.0 Å². The minimum absolute atomic E-state index is 0.0971. The number of halogens is 1. The van der Waals surface area contributed by atoms with Crippen molar-refractivity contribution in [3.05, 3.63) is 57.5 Å². The van der Waals surface area contributed by atoms with Gasteiger partial charge in [0.1, 0.15) is 10.8 Å². The highest BCUT2D eigenvalue weighted by atomic mass is 32.1. The third-order valence-corrected chi connectivity index (χ3v) is 3.73. The SMILES string of the molecule is CN(Cc1ccsc1)Cc1ccc(F)c(C(N)=S)c1. The highest BCUT2D eigenvalue weighted by Crippen LogP contribution is 2.14. The van der Waals surface area contributed by atoms with Crippen LogP contribution in [-0.4, -0.2) is 16.9 Å². The maximum absolute atomic E-state index is 13.5. The molecule has 2 N–H and O–H groups in total. The smallest absolute Gasteiger partial charge is 0.133 e. The minimum atomic E-state index is -0.364. The molecule has 1 aromatic carbocycles. The molecular weight excluding hydrogens is 279 g/mol. The van der Waals surface area contributed by atoms with Crippen LogP contribution in [0.1, 0.15) is 16.7 Å². The average Bonchev–Trinajstić information content (AvgIpc) is 2.84. The molecular formula is C14H15FN2S2. The summed E-state index contributed by atoms with van der Waals surface area (Å²) < 4.78 is 13.5. The summed E-state index contributed by atoms with van der Waals surface area (Å²) in [6.45, 7) is 1.59. The van der Waals surface area contributed by atoms with Gasteiger partial charge >= 0.3 is 0 Å². The van der Waals surface area contributed by atoms with Crippen molar-refractivity contribution in [1.82, 2.24) is 4.90 Å². The van der Waals surface area contributed by atoms with Crippen molar-refractivity contribution in [2.45, 2.75) is 13.1 Å². The molecule has 1 aromatic heterocycles. The van der Waals surface area contributed by atoms with E-state index in [0.717, 1.165) is 18.7 Å². The molecule has 100 valence electrons. The largest absolute Gasteiger partial charge is 0.389 e. The summed E-state index contributed by atoms with van der Waals surface area (Å²) in [5.74, 6) is -0.364. The number of hydrogen-bond acceptors (Lipinski definition) is 3. The molecule has 0 aliphatic rings. The third kappa shape index (κ3) is 3.83. The second-order valence-electron chi connectivity index (χ2n) is 4.48. The highest BCUT2D eigenvalue weighted by Gasteiger charge is 2.08. The Morgan fingerprint density at radius 3 is 2.68 bits per heavy atom. The monoisotopic (exact) mass is 294 g/mol. The van der Waals surface area contributed by atoms with Crippen molar-refractivity contribution < 1.29 is 4.39 Å². The fourth-order valence-electron chi connectivity index (χ4n) is 1.92. The molecule has 0 radical (unpaired) electrons. The first-order valence-corrected chi connectivity index (χ1v) is 7.19. The lowest BCUT2D eigenvalue weighted by Crippen LogP contribution is -2.18. The number of nitrogens with zero attached hydrogens (tertiary/aromatic N) is 1. The second-order valence-corrected chi connectivity index (χ2v) is 5.70. The van der Waals surface area contributed by atoms with E-state index >= 15 is 0 Å². The average molecular weight is 294 g/mol. The summed E-state index contributed by atoms with van der Waals surface area (Å²) in [5.41, 5.74) is 8.10. The Labute approximate surface area is 121 Å². The van der Waals surface area contributed by atoms with Gasteiger partial charge in [-0.15, -0.1) is 0 Å². The fraction of sp³-hybridized carbons (Fsp3) is 0.214. The molecule has 0 saturated heterocycles. The molecule has 0 fully saturated rings. The number of thiocarbonyl (C=S) groups is 1. The first-order chi connectivity index (χ1) is 9.06. The van der Waals surface area contributed by atoms with Crippen LogP contribution in [0.4, 0.5) is 4.39 Å². The van der Waals surface area contributed by atoms with E-state index in [4.69, 9.17) is 18.0 Å². The Hall–Kier alpha value is -1.30. The maximum atomic E-state index is 13.5. The van der Waals surface area contributed by atoms with Gasteiger partial charge in [0.15, 0.2) is 0 Å². The molecule has 0 atom stereocenters. The van der Waals surface area contributed by atoms with Crippen LogP contribution in [-0.2, 0) is 13.1 Å². The third-order valence-electron chi connectivity index (χ3n) is 2.78. The molecule has 5 heteroatoms. The molecule has 0 aliphatic carbocycles. The summed E-state index contributed by atoms with van der Waals surface area (Å²) in [4.78, 5) is 2.26. The Kier molecular flexibility index (Phi) is 4.63. The summed E-state index contributed by atoms with van der Waals surface area (Å²) in [6.07, 6.45) is 0. The van der Waals surface area contributed by atoms with Gasteiger partial charge in [0.25, 0.3) is 0 Å². The molecule has 0 amide bonds. The van der Waals surface area contributed by atoms with Gasteiger partial charge in [0.2, 0.25) is 0 Å². The molecule has 0 spiro atoms. The van der Waals surface area contributed by atoms with E-state index in [1.165, 1.54) is 11.6 Å². The fourth-order valence-corrected chi connectivity index (χ4v) is 2.74. The Bertz CT molecular complexity index is 567. The summed E-state index contributed by atoms with van der Waals surface area (Å²) >= 11 is 6.53. The van der Waals surface area contributed by atoms with Gasteiger partial charge in [-0.3, -0.25) is 4.90 Å². The zero-order valence-corrected chi connectivity index (χ0v) is 12.2. The predicted molar refractivity (Wildman–Crippen MR) is 81.8 cm³/mol. The Morgan fingerprint density at radius 1 is 1.32 bits per heavy atom. The van der Waals surface area contributed by atoms with Crippen LogP contribution in [0, 0.1) is 5.82 Å². The quantitative estimate of drug-likeness (QED) is 0.859. The van der Waals surface area contributed by atoms with E-state index in [2.05, 4.69) is 21.7 Å². The molecule has 2 nitrogen and oxygen atoms in total. The number of nitrogens with two attached hydrogens (primary N) is 1. The predicted octanol–water partition coefficient (Wildman–Crippen LogP) is 3.15. The van der Waals surface area contributed by atoms with Crippen LogP contribution in [0.2, 0.25) is 0 Å². The molecule has 2 aromatic rings. The van der Waals surface area contributed by atoms with Crippen LogP contribution in [0.3, 0.4) is 0 Å². The van der Waals surface area contributed by atoms with Gasteiger partial charge in [-0.2, -0.15) is 11.3 Å². The number of thiophene rings is 1. The summed E-state index contributed by atoms with van der Waals surface area (Å²) in [6, 6.07) is 7.01. The van der Waals surface area contributed by atoms with E-state index < -0.39 is 0 Å². The normalized spacial score (nSPS) is 10.9. The van der Waals surface area contributed by atoms with Gasteiger partial charge in [-0.1, -0.05) is 18.3 Å². The van der Waals surface area contributed by atoms with Crippen molar-refractivity contribution in [1.29, 1.82) is 0 Å². The lowest BCUT2D eigenvalue weighted by Gasteiger charge is -2.16. The van der Waals surface area contributed by atoms with E-state index in [-0.39, 0.29) is 10.8 Å². The van der Waals surface area contributed by atoms with Crippen LogP contribution < -0.4 is 5.73 Å². The van der Waals surface area contributed by atoms with Crippen molar-refractivity contribution >= 4 is 28.5 Å². The van der Waals surface area contributed by atoms with Gasteiger partial charge in [-0.05, 0) is 47.1 Å². The lowest BCUT2D eigenvalue weighted by atomic mass is 10.1. The van der Waals surface area contributed by atoms with Crippen molar-refractivity contribution in [3.63, 3.8) is 0 Å². The molecule has 0 bridgehead atoms. The standard InChI is InChI=1S/C14H15FN2S2/c1-17(8-11-4-5-19-9-11)7-10-2-3-13(15)12(6-10)14(16)18/h2-6,9H,7-8H2,1H3,(H2,16,18). The van der Waals surface area contributed by atoms with Gasteiger partial charge < -0.3 is 5.73 Å². The zero-order valence-electron chi connectivity index (χ0n) is 10.6. The second kappa shape index (κ2) is 6.23. The van der Waals surface area contributed by atoms with Gasteiger partial charge in [-0.25, -0.2) is 4.39 Å². The van der Waals surface area contributed by atoms with Crippen molar-refractivity contribution in [3.8, 4) is 0 Å². The van der Waals surface area contributed by atoms with Crippen molar-refractivity contribution in [2.24, 2.45) is 5.73 Å². The molecule has 0 aliphatic heterocycles. The lowest BCUT2D eigenvalue weighted by molar-refractivity contribution is 0.319. The van der Waals surface area contributed by atoms with Crippen LogP contribution in [0.5, 0.6) is 0 Å². The van der Waals surface area contributed by atoms with Crippen LogP contribution >= 0.6 is 23.6 Å². The highest BCUT2D eigenvalue weighted by molar-refractivity contribution is 7.80. The van der Waals surface area contributed by atoms with Gasteiger partial charge in [0.05, 0.1) is 0 Å². The van der Waals surface area contributed by atoms with E-state index in [1.54, 1.807) is 23.5 Å². The number of hydrogen-bond donors (Lipinski definition) is 1. The van der Waals surface area contributed by atoms with Gasteiger partial charge in [0, 0.05) is 18.7 Å². The summed E-state index contributed by atoms with van der Waals surface area (Å²) in [5, 5.41) is 4.19. The molecule has 19 heavy (non-hydrogen) atoms. The topological polar surface area (TPSA) is 29.3 Å². The van der Waals surface area contributed by atoms with Crippen molar-refractivity contribution in [2.75, 3.05) is 7.05 Å². The van der Waals surface area contributed by atoms with E-state index in [9.17, 15) is 4.39 Å².